The van der Waals surface area contributed by atoms with Crippen LogP contribution in [-0.4, -0.2) is 41.8 Å². The van der Waals surface area contributed by atoms with Crippen LogP contribution in [0.2, 0.25) is 10.0 Å². The Morgan fingerprint density at radius 3 is 2.60 bits per heavy atom. The molecule has 0 spiro atoms. The minimum Gasteiger partial charge on any atom is -0.370 e. The summed E-state index contributed by atoms with van der Waals surface area (Å²) >= 11 is 11.8. The fourth-order valence-corrected chi connectivity index (χ4v) is 2.96. The summed E-state index contributed by atoms with van der Waals surface area (Å²) in [7, 11) is 0. The van der Waals surface area contributed by atoms with Crippen LogP contribution in [0.4, 0.5) is 8.78 Å². The third kappa shape index (κ3) is 5.80. The van der Waals surface area contributed by atoms with Crippen LogP contribution in [0.15, 0.2) is 18.2 Å². The predicted molar refractivity (Wildman–Crippen MR) is 91.7 cm³/mol. The van der Waals surface area contributed by atoms with Gasteiger partial charge >= 0.3 is 0 Å². The molecule has 9 heteroatoms. The summed E-state index contributed by atoms with van der Waals surface area (Å²) in [5.41, 5.74) is 5.91. The summed E-state index contributed by atoms with van der Waals surface area (Å²) in [5, 5.41) is 3.78. The van der Waals surface area contributed by atoms with E-state index in [4.69, 9.17) is 28.9 Å². The number of nitrogens with one attached hydrogen (secondary N) is 1. The van der Waals surface area contributed by atoms with Gasteiger partial charge in [0.05, 0.1) is 22.6 Å². The minimum atomic E-state index is -2.87. The second-order valence-electron chi connectivity index (χ2n) is 6.05. The maximum Gasteiger partial charge on any atom is 0.267 e. The van der Waals surface area contributed by atoms with Crippen molar-refractivity contribution < 1.29 is 18.4 Å². The molecule has 0 radical (unpaired) electrons. The average Bonchev–Trinajstić information content (AvgIpc) is 2.90. The number of hydrogen-bond acceptors (Lipinski definition) is 3. The number of primary amides is 1. The molecule has 1 aliphatic heterocycles. The minimum absolute atomic E-state index is 0.00659. The van der Waals surface area contributed by atoms with E-state index in [0.717, 1.165) is 10.5 Å². The Morgan fingerprint density at radius 2 is 2.04 bits per heavy atom. The van der Waals surface area contributed by atoms with Crippen molar-refractivity contribution in [2.24, 2.45) is 5.73 Å². The number of hydrogen-bond donors (Lipinski definition) is 2. The molecule has 0 saturated carbocycles. The van der Waals surface area contributed by atoms with Gasteiger partial charge in [0.15, 0.2) is 0 Å². The first kappa shape index (κ1) is 19.9. The first-order chi connectivity index (χ1) is 11.7. The second-order valence-corrected chi connectivity index (χ2v) is 6.87. The van der Waals surface area contributed by atoms with E-state index in [1.807, 2.05) is 0 Å². The van der Waals surface area contributed by atoms with Gasteiger partial charge in [0.2, 0.25) is 11.8 Å². The van der Waals surface area contributed by atoms with Crippen LogP contribution in [0.1, 0.15) is 24.8 Å². The van der Waals surface area contributed by atoms with Crippen LogP contribution in [0, 0.1) is 0 Å². The van der Waals surface area contributed by atoms with Gasteiger partial charge in [-0.2, -0.15) is 0 Å². The van der Waals surface area contributed by atoms with Gasteiger partial charge in [-0.1, -0.05) is 29.3 Å². The monoisotopic (exact) mass is 393 g/mol. The van der Waals surface area contributed by atoms with Gasteiger partial charge in [0, 0.05) is 25.9 Å². The van der Waals surface area contributed by atoms with Crippen LogP contribution < -0.4 is 11.1 Å². The van der Waals surface area contributed by atoms with Crippen LogP contribution in [0.5, 0.6) is 0 Å². The molecule has 0 aliphatic carbocycles. The molecule has 0 aromatic heterocycles. The molecular weight excluding hydrogens is 375 g/mol. The molecule has 0 bridgehead atoms. The van der Waals surface area contributed by atoms with Crippen molar-refractivity contribution in [3.05, 3.63) is 33.8 Å². The summed E-state index contributed by atoms with van der Waals surface area (Å²) in [6.07, 6.45) is -0.235. The number of likely N-dealkylation sites (tertiary alicyclic amines) is 1. The van der Waals surface area contributed by atoms with E-state index in [9.17, 15) is 18.4 Å². The lowest BCUT2D eigenvalue weighted by molar-refractivity contribution is -0.134. The number of carbonyl (C=O) groups excluding carboxylic acids is 2. The molecule has 5 nitrogen and oxygen atoms in total. The van der Waals surface area contributed by atoms with Gasteiger partial charge in [-0.3, -0.25) is 9.59 Å². The first-order valence-electron chi connectivity index (χ1n) is 7.80. The van der Waals surface area contributed by atoms with Crippen molar-refractivity contribution in [2.45, 2.75) is 37.8 Å². The zero-order chi connectivity index (χ0) is 18.6. The first-order valence-corrected chi connectivity index (χ1v) is 8.56. The molecular formula is C16H19Cl2F2N3O2. The smallest absolute Gasteiger partial charge is 0.267 e. The molecule has 1 aromatic rings. The molecule has 25 heavy (non-hydrogen) atoms. The second kappa shape index (κ2) is 8.29. The van der Waals surface area contributed by atoms with Crippen molar-refractivity contribution in [1.29, 1.82) is 0 Å². The van der Waals surface area contributed by atoms with Crippen molar-refractivity contribution in [3.8, 4) is 0 Å². The molecule has 1 heterocycles. The van der Waals surface area contributed by atoms with E-state index in [1.165, 1.54) is 0 Å². The lowest BCUT2D eigenvalue weighted by atomic mass is 10.1. The molecule has 138 valence electrons. The third-order valence-corrected chi connectivity index (χ3v) is 4.73. The van der Waals surface area contributed by atoms with E-state index in [2.05, 4.69) is 5.32 Å². The number of benzene rings is 1. The van der Waals surface area contributed by atoms with Crippen LogP contribution >= 0.6 is 23.2 Å². The highest BCUT2D eigenvalue weighted by atomic mass is 35.5. The normalized spacial score (nSPS) is 17.5. The molecule has 3 N–H and O–H groups in total. The average molecular weight is 394 g/mol. The summed E-state index contributed by atoms with van der Waals surface area (Å²) in [4.78, 5) is 24.7. The zero-order valence-corrected chi connectivity index (χ0v) is 14.9. The Balaban J connectivity index is 2.03. The number of amides is 2. The van der Waals surface area contributed by atoms with Gasteiger partial charge in [-0.05, 0) is 24.1 Å². The number of nitrogens with two attached hydrogens (primary N) is 1. The third-order valence-electron chi connectivity index (χ3n) is 4.00. The molecule has 2 amide bonds. The van der Waals surface area contributed by atoms with Crippen LogP contribution in [0.25, 0.3) is 0 Å². The van der Waals surface area contributed by atoms with Gasteiger partial charge < -0.3 is 16.0 Å². The standard InChI is InChI=1S/C16H19Cl2F2N3O2/c17-11-2-1-10(7-12(11)18)8-22-13(3-4-14(21)24)15(25)23-6-5-16(19,20)9-23/h1-2,7,13,22H,3-6,8-9H2,(H2,21,24)/t13-/m0/s1. The fourth-order valence-electron chi connectivity index (χ4n) is 2.63. The van der Waals surface area contributed by atoms with E-state index >= 15 is 0 Å². The van der Waals surface area contributed by atoms with Gasteiger partial charge in [-0.25, -0.2) is 8.78 Å². The van der Waals surface area contributed by atoms with Crippen LogP contribution in [-0.2, 0) is 16.1 Å². The van der Waals surface area contributed by atoms with E-state index in [0.29, 0.717) is 10.0 Å². The lowest BCUT2D eigenvalue weighted by Gasteiger charge is -2.24. The van der Waals surface area contributed by atoms with E-state index in [-0.39, 0.29) is 32.4 Å². The summed E-state index contributed by atoms with van der Waals surface area (Å²) in [5.74, 6) is -3.88. The van der Waals surface area contributed by atoms with Crippen molar-refractivity contribution in [2.75, 3.05) is 13.1 Å². The highest BCUT2D eigenvalue weighted by Gasteiger charge is 2.41. The van der Waals surface area contributed by atoms with Crippen LogP contribution in [0.3, 0.4) is 0 Å². The van der Waals surface area contributed by atoms with Gasteiger partial charge in [0.1, 0.15) is 0 Å². The Morgan fingerprint density at radius 1 is 1.32 bits per heavy atom. The van der Waals surface area contributed by atoms with Gasteiger partial charge in [0.25, 0.3) is 5.92 Å². The molecule has 1 saturated heterocycles. The molecule has 1 aliphatic rings. The quantitative estimate of drug-likeness (QED) is 0.747. The van der Waals surface area contributed by atoms with Crippen molar-refractivity contribution in [3.63, 3.8) is 0 Å². The Kier molecular flexibility index (Phi) is 6.59. The molecule has 1 fully saturated rings. The number of nitrogens with zero attached hydrogens (tertiary/aromatic N) is 1. The number of rotatable bonds is 7. The Labute approximate surface area is 154 Å². The molecule has 1 aromatic carbocycles. The highest BCUT2D eigenvalue weighted by molar-refractivity contribution is 6.42. The van der Waals surface area contributed by atoms with E-state index < -0.39 is 30.3 Å². The highest BCUT2D eigenvalue weighted by Crippen LogP contribution is 2.27. The summed E-state index contributed by atoms with van der Waals surface area (Å²) < 4.78 is 26.7. The van der Waals surface area contributed by atoms with Crippen molar-refractivity contribution >= 4 is 35.0 Å². The molecule has 0 unspecified atom stereocenters. The summed E-state index contributed by atoms with van der Waals surface area (Å²) in [6, 6.07) is 4.23. The molecule has 2 rings (SSSR count). The largest absolute Gasteiger partial charge is 0.370 e. The lowest BCUT2D eigenvalue weighted by Crippen LogP contribution is -2.46. The van der Waals surface area contributed by atoms with Gasteiger partial charge in [-0.15, -0.1) is 0 Å². The number of carbonyl (C=O) groups is 2. The topological polar surface area (TPSA) is 75.4 Å². The fraction of sp³-hybridized carbons (Fsp3) is 0.500. The number of halogens is 4. The Bertz CT molecular complexity index is 658. The van der Waals surface area contributed by atoms with E-state index in [1.54, 1.807) is 18.2 Å². The number of alkyl halides is 2. The molecule has 1 atom stereocenters. The van der Waals surface area contributed by atoms with Crippen molar-refractivity contribution in [1.82, 2.24) is 10.2 Å². The maximum absolute atomic E-state index is 13.3. The SMILES string of the molecule is NC(=O)CC[C@H](NCc1ccc(Cl)c(Cl)c1)C(=O)N1CCC(F)(F)C1. The zero-order valence-electron chi connectivity index (χ0n) is 13.4. The predicted octanol–water partition coefficient (Wildman–Crippen LogP) is 2.58. The Hall–Kier alpha value is -1.44. The maximum atomic E-state index is 13.3. The summed E-state index contributed by atoms with van der Waals surface area (Å²) in [6.45, 7) is -0.336.